The standard InChI is InChI=1S/C55H64N10O8S/c1-26(2)46(61-54(68)70-6)51(66)63-14-8-9-39(63)48-56-24-37(60-48)32-15-27(3)45-41-20-33-18-31(12-13-38(33)65(41)53(73-43(45)22-32)44-25-58-50(74-44)30-10-11-30)36-23-57-49(59-36)42-21-34-19-40(34)64(42)52(67)47(62-55(69)71-7)35-16-28(4)72-29(5)17-35/h12-13,15,18,20,22-26,28-30,34-35,39-40,42,46-47,53H,8-11,14,16-17,19,21H2,1-7H3,(H,56,60)(H,57,59)(H,61,68)(H,62,69)/t28-,29+,34-,35?,39+,40-,42+,46?,47?,53?/m1/s1. The predicted octanol–water partition coefficient (Wildman–Crippen LogP) is 9.30. The third-order valence-electron chi connectivity index (χ3n) is 16.2. The number of carbonyl (C=O) groups is 4. The molecular formula is C55H64N10O8S. The van der Waals surface area contributed by atoms with E-state index in [2.05, 4.69) is 68.5 Å². The van der Waals surface area contributed by atoms with Crippen molar-refractivity contribution >= 4 is 46.2 Å². The maximum atomic E-state index is 14.7. The summed E-state index contributed by atoms with van der Waals surface area (Å²) in [5, 5.41) is 7.84. The number of benzene rings is 2. The number of hydrogen-bond donors (Lipinski definition) is 4. The highest BCUT2D eigenvalue weighted by molar-refractivity contribution is 7.11. The van der Waals surface area contributed by atoms with Crippen molar-refractivity contribution in [3.8, 4) is 39.5 Å². The molecule has 5 fully saturated rings. The SMILES string of the molecule is COC(=O)NC(C(=O)N1CCC[C@H]1c1ncc(-c2cc(C)c3c(c2)OC(c2cnc(C4CC4)s2)n2c-3cc3cc(-c4cnc([C@@H]5C[C@H]6C[C@H]6N5C(=O)C(NC(=O)OC)C5C[C@@H](C)O[C@@H](C)C5)[nH]4)ccc32)[nH]1)C(C)C. The van der Waals surface area contributed by atoms with Gasteiger partial charge in [-0.25, -0.2) is 24.5 Å². The maximum absolute atomic E-state index is 14.7. The monoisotopic (exact) mass is 1020 g/mol. The van der Waals surface area contributed by atoms with E-state index in [0.717, 1.165) is 110 Å². The summed E-state index contributed by atoms with van der Waals surface area (Å²) < 4.78 is 25.3. The summed E-state index contributed by atoms with van der Waals surface area (Å²) in [7, 11) is 2.62. The lowest BCUT2D eigenvalue weighted by Gasteiger charge is -2.38. The van der Waals surface area contributed by atoms with Gasteiger partial charge in [-0.3, -0.25) is 14.2 Å². The molecule has 19 heteroatoms. The first-order chi connectivity index (χ1) is 35.7. The molecule has 0 bridgehead atoms. The first-order valence-corrected chi connectivity index (χ1v) is 27.1. The minimum absolute atomic E-state index is 0.0301. The summed E-state index contributed by atoms with van der Waals surface area (Å²) in [5.41, 5.74) is 7.62. The second-order valence-corrected chi connectivity index (χ2v) is 22.9. The van der Waals surface area contributed by atoms with Gasteiger partial charge in [0, 0.05) is 46.8 Å². The van der Waals surface area contributed by atoms with Crippen LogP contribution >= 0.6 is 11.3 Å². The molecule has 4 aliphatic heterocycles. The number of aromatic nitrogens is 6. The van der Waals surface area contributed by atoms with Gasteiger partial charge in [-0.15, -0.1) is 11.3 Å². The number of alkyl carbamates (subject to hydrolysis) is 2. The van der Waals surface area contributed by atoms with Gasteiger partial charge in [0.05, 0.1) is 83.4 Å². The quantitative estimate of drug-likeness (QED) is 0.0907. The molecule has 4 N–H and O–H groups in total. The molecule has 4 unspecified atom stereocenters. The lowest BCUT2D eigenvalue weighted by molar-refractivity contribution is -0.140. The molecule has 6 aliphatic rings. The molecule has 2 saturated carbocycles. The van der Waals surface area contributed by atoms with Crippen LogP contribution in [0, 0.1) is 24.7 Å². The number of aryl methyl sites for hydroxylation is 1. The zero-order valence-electron chi connectivity index (χ0n) is 42.8. The number of nitrogens with one attached hydrogen (secondary N) is 4. The Labute approximate surface area is 433 Å². The average molecular weight is 1030 g/mol. The molecule has 10 atom stereocenters. The summed E-state index contributed by atoms with van der Waals surface area (Å²) in [6, 6.07) is 11.1. The van der Waals surface area contributed by atoms with Gasteiger partial charge in [-0.05, 0) is 126 Å². The van der Waals surface area contributed by atoms with Gasteiger partial charge < -0.3 is 49.3 Å². The smallest absolute Gasteiger partial charge is 0.407 e. The Morgan fingerprint density at radius 3 is 2.24 bits per heavy atom. The zero-order chi connectivity index (χ0) is 51.3. The van der Waals surface area contributed by atoms with Crippen molar-refractivity contribution in [3.63, 3.8) is 0 Å². The van der Waals surface area contributed by atoms with E-state index in [0.29, 0.717) is 37.0 Å². The Hall–Kier alpha value is -6.73. The van der Waals surface area contributed by atoms with Crippen molar-refractivity contribution in [3.05, 3.63) is 82.1 Å². The number of thiazole rings is 1. The van der Waals surface area contributed by atoms with Crippen LogP contribution in [-0.4, -0.2) is 114 Å². The second-order valence-electron chi connectivity index (χ2n) is 21.8. The molecule has 388 valence electrons. The number of nitrogens with zero attached hydrogens (tertiary/aromatic N) is 6. The highest BCUT2D eigenvalue weighted by atomic mass is 32.1. The van der Waals surface area contributed by atoms with Gasteiger partial charge in [0.2, 0.25) is 18.0 Å². The number of rotatable bonds is 12. The normalized spacial score (nSPS) is 25.7. The molecule has 2 aromatic carbocycles. The highest BCUT2D eigenvalue weighted by Crippen LogP contribution is 2.54. The minimum Gasteiger partial charge on any atom is -0.464 e. The van der Waals surface area contributed by atoms with E-state index < -0.39 is 30.5 Å². The maximum Gasteiger partial charge on any atom is 0.407 e. The van der Waals surface area contributed by atoms with E-state index in [1.165, 1.54) is 14.2 Å². The lowest BCUT2D eigenvalue weighted by Crippen LogP contribution is -2.55. The number of amides is 4. The number of ether oxygens (including phenoxy) is 4. The van der Waals surface area contributed by atoms with Crippen molar-refractivity contribution in [2.75, 3.05) is 20.8 Å². The van der Waals surface area contributed by atoms with Crippen LogP contribution in [0.3, 0.4) is 0 Å². The first-order valence-electron chi connectivity index (χ1n) is 26.2. The largest absolute Gasteiger partial charge is 0.464 e. The van der Waals surface area contributed by atoms with Crippen LogP contribution in [0.5, 0.6) is 5.75 Å². The van der Waals surface area contributed by atoms with Crippen LogP contribution in [0.25, 0.3) is 44.7 Å². The van der Waals surface area contributed by atoms with Gasteiger partial charge in [-0.1, -0.05) is 19.9 Å². The summed E-state index contributed by atoms with van der Waals surface area (Å²) in [6.07, 6.45) is 10.8. The van der Waals surface area contributed by atoms with Crippen molar-refractivity contribution in [1.82, 2.24) is 49.9 Å². The fourth-order valence-corrected chi connectivity index (χ4v) is 13.6. The third kappa shape index (κ3) is 8.68. The number of piperidine rings is 1. The average Bonchev–Trinajstić information content (AvgIpc) is 3.86. The molecule has 6 aromatic rings. The first kappa shape index (κ1) is 48.2. The topological polar surface area (TPSA) is 211 Å². The van der Waals surface area contributed by atoms with Crippen molar-refractivity contribution in [1.29, 1.82) is 0 Å². The molecule has 4 aromatic heterocycles. The second kappa shape index (κ2) is 18.9. The van der Waals surface area contributed by atoms with E-state index in [1.54, 1.807) is 11.3 Å². The number of hydrogen-bond acceptors (Lipinski definition) is 12. The molecule has 3 saturated heterocycles. The van der Waals surface area contributed by atoms with Crippen molar-refractivity contribution in [2.24, 2.45) is 17.8 Å². The van der Waals surface area contributed by atoms with Gasteiger partial charge in [0.25, 0.3) is 0 Å². The summed E-state index contributed by atoms with van der Waals surface area (Å²) >= 11 is 1.72. The molecule has 0 spiro atoms. The van der Waals surface area contributed by atoms with E-state index in [9.17, 15) is 19.2 Å². The third-order valence-corrected chi connectivity index (χ3v) is 17.4. The van der Waals surface area contributed by atoms with Gasteiger partial charge in [0.1, 0.15) is 29.5 Å². The van der Waals surface area contributed by atoms with E-state index in [-0.39, 0.29) is 54.0 Å². The Bertz CT molecular complexity index is 3160. The van der Waals surface area contributed by atoms with Crippen LogP contribution < -0.4 is 15.4 Å². The fraction of sp³-hybridized carbons (Fsp3) is 0.509. The fourth-order valence-electron chi connectivity index (χ4n) is 12.4. The highest BCUT2D eigenvalue weighted by Gasteiger charge is 2.57. The zero-order valence-corrected chi connectivity index (χ0v) is 43.7. The molecule has 8 heterocycles. The summed E-state index contributed by atoms with van der Waals surface area (Å²) in [4.78, 5) is 80.2. The van der Waals surface area contributed by atoms with Crippen LogP contribution in [0.15, 0.2) is 55.0 Å². The lowest BCUT2D eigenvalue weighted by atomic mass is 9.85. The molecule has 0 radical (unpaired) electrons. The molecule has 12 rings (SSSR count). The Morgan fingerprint density at radius 2 is 1.53 bits per heavy atom. The van der Waals surface area contributed by atoms with Crippen molar-refractivity contribution in [2.45, 2.75) is 141 Å². The Morgan fingerprint density at radius 1 is 0.811 bits per heavy atom. The van der Waals surface area contributed by atoms with Crippen molar-refractivity contribution < 1.29 is 38.1 Å². The van der Waals surface area contributed by atoms with Crippen LogP contribution in [-0.2, 0) is 23.8 Å². The number of methoxy groups -OCH3 is 2. The van der Waals surface area contributed by atoms with Crippen LogP contribution in [0.1, 0.15) is 130 Å². The number of carbonyl (C=O) groups excluding carboxylic acids is 4. The molecule has 18 nitrogen and oxygen atoms in total. The van der Waals surface area contributed by atoms with E-state index >= 15 is 0 Å². The Kier molecular flexibility index (Phi) is 12.3. The summed E-state index contributed by atoms with van der Waals surface area (Å²) in [5.74, 6) is 2.60. The van der Waals surface area contributed by atoms with Gasteiger partial charge in [0.15, 0.2) is 0 Å². The van der Waals surface area contributed by atoms with Crippen LogP contribution in [0.2, 0.25) is 0 Å². The van der Waals surface area contributed by atoms with Crippen LogP contribution in [0.4, 0.5) is 9.59 Å². The summed E-state index contributed by atoms with van der Waals surface area (Å²) in [6.45, 7) is 10.5. The number of aromatic amines is 2. The Balaban J connectivity index is 0.849. The van der Waals surface area contributed by atoms with E-state index in [4.69, 9.17) is 33.9 Å². The number of imidazole rings is 2. The van der Waals surface area contributed by atoms with E-state index in [1.807, 2.05) is 56.1 Å². The number of likely N-dealkylation sites (tertiary alicyclic amines) is 2. The van der Waals surface area contributed by atoms with Gasteiger partial charge in [-0.2, -0.15) is 0 Å². The minimum atomic E-state index is -0.734. The molecular weight excluding hydrogens is 961 g/mol. The molecule has 2 aliphatic carbocycles. The predicted molar refractivity (Wildman–Crippen MR) is 276 cm³/mol. The number of fused-ring (bicyclic) bond motifs is 6. The molecule has 74 heavy (non-hydrogen) atoms. The van der Waals surface area contributed by atoms with Gasteiger partial charge >= 0.3 is 12.2 Å². The number of H-pyrrole nitrogens is 2. The molecule has 4 amide bonds.